The fraction of sp³-hybridized carbons (Fsp3) is 0.556. The van der Waals surface area contributed by atoms with E-state index in [1.807, 2.05) is 24.3 Å². The number of aryl methyl sites for hydroxylation is 1. The molecule has 2 fully saturated rings. The first kappa shape index (κ1) is 16.5. The summed E-state index contributed by atoms with van der Waals surface area (Å²) in [6.07, 6.45) is 0.582. The van der Waals surface area contributed by atoms with Gasteiger partial charge >= 0.3 is 6.03 Å². The van der Waals surface area contributed by atoms with E-state index in [4.69, 9.17) is 4.74 Å². The van der Waals surface area contributed by atoms with E-state index >= 15 is 0 Å². The van der Waals surface area contributed by atoms with Crippen LogP contribution < -0.4 is 5.32 Å². The fourth-order valence-corrected chi connectivity index (χ4v) is 4.11. The van der Waals surface area contributed by atoms with Crippen LogP contribution >= 0.6 is 0 Å². The van der Waals surface area contributed by atoms with Crippen molar-refractivity contribution in [1.29, 1.82) is 0 Å². The van der Waals surface area contributed by atoms with Gasteiger partial charge in [0, 0.05) is 19.6 Å². The molecular formula is C18H23N3O4. The van der Waals surface area contributed by atoms with Gasteiger partial charge in [-0.3, -0.25) is 14.6 Å². The predicted molar refractivity (Wildman–Crippen MR) is 90.0 cm³/mol. The number of fused-ring (bicyclic) bond motifs is 2. The summed E-state index contributed by atoms with van der Waals surface area (Å²) in [6.45, 7) is 3.27. The number of hydrogen-bond donors (Lipinski definition) is 2. The third-order valence-electron chi connectivity index (χ3n) is 5.39. The van der Waals surface area contributed by atoms with Gasteiger partial charge in [0.2, 0.25) is 0 Å². The third kappa shape index (κ3) is 2.82. The lowest BCUT2D eigenvalue weighted by molar-refractivity contribution is -0.132. The lowest BCUT2D eigenvalue weighted by atomic mass is 9.92. The Kier molecular flexibility index (Phi) is 4.23. The number of ether oxygens (including phenoxy) is 1. The number of hydrogen-bond acceptors (Lipinski definition) is 5. The van der Waals surface area contributed by atoms with Crippen molar-refractivity contribution >= 4 is 11.9 Å². The zero-order valence-electron chi connectivity index (χ0n) is 14.1. The molecule has 7 heteroatoms. The minimum absolute atomic E-state index is 0.0198. The van der Waals surface area contributed by atoms with E-state index in [9.17, 15) is 14.7 Å². The largest absolute Gasteiger partial charge is 0.390 e. The van der Waals surface area contributed by atoms with Gasteiger partial charge in [-0.2, -0.15) is 0 Å². The molecule has 0 aromatic heterocycles. The van der Waals surface area contributed by atoms with E-state index in [1.165, 1.54) is 4.90 Å². The minimum atomic E-state index is -0.952. The molecule has 1 aliphatic carbocycles. The monoisotopic (exact) mass is 345 g/mol. The standard InChI is InChI=1S/C18H23N3O4/c22-14(11-20-7-9-25-10-8-20)12-21-16(23)18(19-17(21)24)6-5-13-3-1-2-4-15(13)18/h1-4,14,22H,5-12H2,(H,19,24)/t14-,18-/m1/s1. The van der Waals surface area contributed by atoms with Gasteiger partial charge in [-0.1, -0.05) is 24.3 Å². The first-order valence-corrected chi connectivity index (χ1v) is 8.81. The molecule has 0 unspecified atom stereocenters. The van der Waals surface area contributed by atoms with Crippen molar-refractivity contribution in [1.82, 2.24) is 15.1 Å². The Morgan fingerprint density at radius 3 is 2.76 bits per heavy atom. The number of carbonyl (C=O) groups is 2. The van der Waals surface area contributed by atoms with Crippen LogP contribution in [0.5, 0.6) is 0 Å². The highest BCUT2D eigenvalue weighted by Gasteiger charge is 2.55. The zero-order valence-corrected chi connectivity index (χ0v) is 14.1. The summed E-state index contributed by atoms with van der Waals surface area (Å²) in [5.74, 6) is -0.247. The van der Waals surface area contributed by atoms with Gasteiger partial charge in [-0.25, -0.2) is 4.79 Å². The highest BCUT2D eigenvalue weighted by Crippen LogP contribution is 2.41. The average Bonchev–Trinajstić information content (AvgIpc) is 3.10. The molecule has 7 nitrogen and oxygen atoms in total. The molecule has 3 amide bonds. The Morgan fingerprint density at radius 1 is 1.20 bits per heavy atom. The number of aliphatic hydroxyl groups is 1. The Hall–Kier alpha value is -1.96. The topological polar surface area (TPSA) is 82.1 Å². The molecule has 1 aromatic rings. The Bertz CT molecular complexity index is 689. The number of rotatable bonds is 4. The van der Waals surface area contributed by atoms with Crippen molar-refractivity contribution < 1.29 is 19.4 Å². The van der Waals surface area contributed by atoms with Gasteiger partial charge in [0.25, 0.3) is 5.91 Å². The van der Waals surface area contributed by atoms with Crippen LogP contribution in [0, 0.1) is 0 Å². The number of carbonyl (C=O) groups excluding carboxylic acids is 2. The molecule has 2 aliphatic heterocycles. The molecule has 0 bridgehead atoms. The van der Waals surface area contributed by atoms with Crippen LogP contribution in [0.25, 0.3) is 0 Å². The summed E-state index contributed by atoms with van der Waals surface area (Å²) in [4.78, 5) is 28.7. The zero-order chi connectivity index (χ0) is 17.4. The summed E-state index contributed by atoms with van der Waals surface area (Å²) < 4.78 is 5.29. The fourth-order valence-electron chi connectivity index (χ4n) is 4.11. The first-order chi connectivity index (χ1) is 12.1. The number of morpholine rings is 1. The number of benzene rings is 1. The molecule has 2 N–H and O–H groups in total. The van der Waals surface area contributed by atoms with E-state index in [2.05, 4.69) is 10.2 Å². The van der Waals surface area contributed by atoms with Crippen molar-refractivity contribution in [3.05, 3.63) is 35.4 Å². The Labute approximate surface area is 146 Å². The van der Waals surface area contributed by atoms with Gasteiger partial charge in [0.05, 0.1) is 25.9 Å². The van der Waals surface area contributed by atoms with Gasteiger partial charge in [-0.15, -0.1) is 0 Å². The van der Waals surface area contributed by atoms with Crippen LogP contribution in [0.4, 0.5) is 4.79 Å². The summed E-state index contributed by atoms with van der Waals surface area (Å²) >= 11 is 0. The molecule has 1 spiro atoms. The quantitative estimate of drug-likeness (QED) is 0.755. The number of β-amino-alcohol motifs (C(OH)–C–C–N with tert-alkyl or cyclic N) is 1. The summed E-state index contributed by atoms with van der Waals surface area (Å²) in [5.41, 5.74) is 1.04. The minimum Gasteiger partial charge on any atom is -0.390 e. The molecule has 0 saturated carbocycles. The lowest BCUT2D eigenvalue weighted by Gasteiger charge is -2.29. The number of aliphatic hydroxyl groups excluding tert-OH is 1. The maximum atomic E-state index is 13.0. The predicted octanol–water partition coefficient (Wildman–Crippen LogP) is 0.0730. The van der Waals surface area contributed by atoms with Crippen LogP contribution in [0.1, 0.15) is 17.5 Å². The molecule has 4 rings (SSSR count). The van der Waals surface area contributed by atoms with Gasteiger partial charge in [0.15, 0.2) is 0 Å². The molecule has 2 atom stereocenters. The second-order valence-electron chi connectivity index (χ2n) is 6.98. The van der Waals surface area contributed by atoms with Crippen LogP contribution in [0.2, 0.25) is 0 Å². The summed E-state index contributed by atoms with van der Waals surface area (Å²) in [7, 11) is 0. The Balaban J connectivity index is 1.47. The summed E-state index contributed by atoms with van der Waals surface area (Å²) in [5, 5.41) is 13.3. The molecule has 3 aliphatic rings. The lowest BCUT2D eigenvalue weighted by Crippen LogP contribution is -2.46. The average molecular weight is 345 g/mol. The van der Waals surface area contributed by atoms with Crippen molar-refractivity contribution in [2.75, 3.05) is 39.4 Å². The van der Waals surface area contributed by atoms with Crippen molar-refractivity contribution in [3.8, 4) is 0 Å². The molecular weight excluding hydrogens is 322 g/mol. The molecule has 134 valence electrons. The third-order valence-corrected chi connectivity index (χ3v) is 5.39. The van der Waals surface area contributed by atoms with Crippen LogP contribution in [-0.4, -0.2) is 72.3 Å². The number of urea groups is 1. The highest BCUT2D eigenvalue weighted by molar-refractivity contribution is 6.08. The van der Waals surface area contributed by atoms with Crippen molar-refractivity contribution in [3.63, 3.8) is 0 Å². The Morgan fingerprint density at radius 2 is 1.96 bits per heavy atom. The second kappa shape index (κ2) is 6.40. The van der Waals surface area contributed by atoms with E-state index in [1.54, 1.807) is 0 Å². The van der Waals surface area contributed by atoms with Gasteiger partial charge in [-0.05, 0) is 24.0 Å². The first-order valence-electron chi connectivity index (χ1n) is 8.81. The van der Waals surface area contributed by atoms with Crippen LogP contribution in [-0.2, 0) is 21.5 Å². The normalized spacial score (nSPS) is 27.6. The van der Waals surface area contributed by atoms with E-state index in [0.717, 1.165) is 30.6 Å². The molecule has 0 radical (unpaired) electrons. The number of nitrogens with one attached hydrogen (secondary N) is 1. The summed E-state index contributed by atoms with van der Waals surface area (Å²) in [6, 6.07) is 7.33. The van der Waals surface area contributed by atoms with E-state index in [0.29, 0.717) is 26.2 Å². The van der Waals surface area contributed by atoms with Crippen molar-refractivity contribution in [2.24, 2.45) is 0 Å². The molecule has 2 heterocycles. The SMILES string of the molecule is O=C1N[C@@]2(CCc3ccccc32)C(=O)N1C[C@H](O)CN1CCOCC1. The molecule has 2 saturated heterocycles. The number of amides is 3. The van der Waals surface area contributed by atoms with Gasteiger partial charge in [0.1, 0.15) is 5.54 Å². The van der Waals surface area contributed by atoms with Crippen LogP contribution in [0.3, 0.4) is 0 Å². The number of imide groups is 1. The van der Waals surface area contributed by atoms with Crippen molar-refractivity contribution in [2.45, 2.75) is 24.5 Å². The highest BCUT2D eigenvalue weighted by atomic mass is 16.5. The van der Waals surface area contributed by atoms with E-state index in [-0.39, 0.29) is 12.5 Å². The molecule has 1 aromatic carbocycles. The van der Waals surface area contributed by atoms with E-state index < -0.39 is 17.7 Å². The smallest absolute Gasteiger partial charge is 0.325 e. The number of nitrogens with zero attached hydrogens (tertiary/aromatic N) is 2. The maximum absolute atomic E-state index is 13.0. The maximum Gasteiger partial charge on any atom is 0.325 e. The second-order valence-corrected chi connectivity index (χ2v) is 6.98. The molecule has 25 heavy (non-hydrogen) atoms. The van der Waals surface area contributed by atoms with Gasteiger partial charge < -0.3 is 15.2 Å². The van der Waals surface area contributed by atoms with Crippen LogP contribution in [0.15, 0.2) is 24.3 Å².